The zero-order valence-electron chi connectivity index (χ0n) is 10.2. The average molecular weight is 242 g/mol. The second kappa shape index (κ2) is 5.75. The molecule has 0 amide bonds. The highest BCUT2D eigenvalue weighted by Gasteiger charge is 2.18. The SMILES string of the molecule is CCOc1cc(C(C)=O)c(CC)cc1C(F)F. The summed E-state index contributed by atoms with van der Waals surface area (Å²) in [7, 11) is 0. The van der Waals surface area contributed by atoms with Crippen molar-refractivity contribution in [2.75, 3.05) is 6.61 Å². The van der Waals surface area contributed by atoms with Gasteiger partial charge in [-0.3, -0.25) is 4.79 Å². The van der Waals surface area contributed by atoms with Crippen molar-refractivity contribution in [3.8, 4) is 5.75 Å². The third kappa shape index (κ3) is 3.02. The molecule has 0 aliphatic heterocycles. The molecule has 0 aromatic heterocycles. The highest BCUT2D eigenvalue weighted by molar-refractivity contribution is 5.96. The van der Waals surface area contributed by atoms with Crippen LogP contribution in [0.2, 0.25) is 0 Å². The molecule has 0 saturated carbocycles. The minimum absolute atomic E-state index is 0.102. The number of Topliss-reactive ketones (excluding diaryl/α,β-unsaturated/α-hetero) is 1. The number of halogens is 2. The fourth-order valence-corrected chi connectivity index (χ4v) is 1.71. The number of carbonyl (C=O) groups is 1. The van der Waals surface area contributed by atoms with Gasteiger partial charge in [-0.05, 0) is 38.0 Å². The number of benzene rings is 1. The molecule has 0 aliphatic rings. The molecule has 94 valence electrons. The van der Waals surface area contributed by atoms with Crippen molar-refractivity contribution in [1.82, 2.24) is 0 Å². The Labute approximate surface area is 99.6 Å². The Balaban J connectivity index is 3.36. The minimum atomic E-state index is -2.59. The van der Waals surface area contributed by atoms with Gasteiger partial charge >= 0.3 is 0 Å². The Hall–Kier alpha value is -1.45. The summed E-state index contributed by atoms with van der Waals surface area (Å²) < 4.78 is 30.8. The van der Waals surface area contributed by atoms with Crippen molar-refractivity contribution < 1.29 is 18.3 Å². The van der Waals surface area contributed by atoms with Crippen LogP contribution in [0.4, 0.5) is 8.78 Å². The van der Waals surface area contributed by atoms with Crippen LogP contribution in [-0.4, -0.2) is 12.4 Å². The maximum atomic E-state index is 12.8. The van der Waals surface area contributed by atoms with E-state index in [0.717, 1.165) is 0 Å². The van der Waals surface area contributed by atoms with Gasteiger partial charge in [0, 0.05) is 5.56 Å². The van der Waals surface area contributed by atoms with Gasteiger partial charge in [0.1, 0.15) is 5.75 Å². The lowest BCUT2D eigenvalue weighted by Gasteiger charge is -2.14. The first-order chi connectivity index (χ1) is 8.01. The molecular formula is C13H16F2O2. The average Bonchev–Trinajstić information content (AvgIpc) is 2.28. The van der Waals surface area contributed by atoms with Crippen LogP contribution >= 0.6 is 0 Å². The lowest BCUT2D eigenvalue weighted by molar-refractivity contribution is 0.101. The zero-order chi connectivity index (χ0) is 13.0. The molecule has 4 heteroatoms. The highest BCUT2D eigenvalue weighted by Crippen LogP contribution is 2.32. The number of hydrogen-bond donors (Lipinski definition) is 0. The first-order valence-electron chi connectivity index (χ1n) is 5.59. The Kier molecular flexibility index (Phi) is 4.61. The Morgan fingerprint density at radius 3 is 2.41 bits per heavy atom. The van der Waals surface area contributed by atoms with E-state index in [-0.39, 0.29) is 17.1 Å². The fraction of sp³-hybridized carbons (Fsp3) is 0.462. The molecule has 0 fully saturated rings. The van der Waals surface area contributed by atoms with Gasteiger partial charge in [0.05, 0.1) is 12.2 Å². The van der Waals surface area contributed by atoms with E-state index in [4.69, 9.17) is 4.74 Å². The van der Waals surface area contributed by atoms with Crippen LogP contribution in [0.3, 0.4) is 0 Å². The number of ketones is 1. The number of aryl methyl sites for hydroxylation is 1. The molecule has 0 N–H and O–H groups in total. The topological polar surface area (TPSA) is 26.3 Å². The molecule has 0 saturated heterocycles. The van der Waals surface area contributed by atoms with Crippen LogP contribution in [0.5, 0.6) is 5.75 Å². The Morgan fingerprint density at radius 1 is 1.35 bits per heavy atom. The highest BCUT2D eigenvalue weighted by atomic mass is 19.3. The molecule has 1 rings (SSSR count). The van der Waals surface area contributed by atoms with Crippen LogP contribution in [0.1, 0.15) is 48.7 Å². The number of ether oxygens (including phenoxy) is 1. The molecule has 2 nitrogen and oxygen atoms in total. The first kappa shape index (κ1) is 13.6. The molecule has 0 bridgehead atoms. The van der Waals surface area contributed by atoms with Gasteiger partial charge in [-0.25, -0.2) is 8.78 Å². The Bertz CT molecular complexity index is 414. The van der Waals surface area contributed by atoms with Crippen molar-refractivity contribution in [2.45, 2.75) is 33.6 Å². The summed E-state index contributed by atoms with van der Waals surface area (Å²) in [6.07, 6.45) is -2.05. The van der Waals surface area contributed by atoms with E-state index in [0.29, 0.717) is 24.2 Å². The lowest BCUT2D eigenvalue weighted by Crippen LogP contribution is -2.04. The third-order valence-corrected chi connectivity index (χ3v) is 2.53. The molecule has 0 heterocycles. The first-order valence-corrected chi connectivity index (χ1v) is 5.59. The zero-order valence-corrected chi connectivity index (χ0v) is 10.2. The van der Waals surface area contributed by atoms with Crippen LogP contribution < -0.4 is 4.74 Å². The fourth-order valence-electron chi connectivity index (χ4n) is 1.71. The van der Waals surface area contributed by atoms with Crippen LogP contribution in [-0.2, 0) is 6.42 Å². The minimum Gasteiger partial charge on any atom is -0.493 e. The van der Waals surface area contributed by atoms with E-state index >= 15 is 0 Å². The monoisotopic (exact) mass is 242 g/mol. The normalized spacial score (nSPS) is 10.7. The van der Waals surface area contributed by atoms with Gasteiger partial charge in [-0.2, -0.15) is 0 Å². The molecule has 0 unspecified atom stereocenters. The summed E-state index contributed by atoms with van der Waals surface area (Å²) in [5.74, 6) is -0.0338. The van der Waals surface area contributed by atoms with Gasteiger partial charge in [0.2, 0.25) is 0 Å². The number of rotatable bonds is 5. The molecular weight excluding hydrogens is 226 g/mol. The quantitative estimate of drug-likeness (QED) is 0.734. The van der Waals surface area contributed by atoms with Crippen molar-refractivity contribution in [3.63, 3.8) is 0 Å². The summed E-state index contributed by atoms with van der Waals surface area (Å²) in [5, 5.41) is 0. The maximum Gasteiger partial charge on any atom is 0.267 e. The Morgan fingerprint density at radius 2 is 2.00 bits per heavy atom. The van der Waals surface area contributed by atoms with Crippen molar-refractivity contribution >= 4 is 5.78 Å². The van der Waals surface area contributed by atoms with Gasteiger partial charge in [0.25, 0.3) is 6.43 Å². The van der Waals surface area contributed by atoms with Crippen LogP contribution in [0, 0.1) is 0 Å². The maximum absolute atomic E-state index is 12.8. The molecule has 0 aliphatic carbocycles. The van der Waals surface area contributed by atoms with Crippen LogP contribution in [0.25, 0.3) is 0 Å². The van der Waals surface area contributed by atoms with E-state index in [9.17, 15) is 13.6 Å². The van der Waals surface area contributed by atoms with Crippen molar-refractivity contribution in [3.05, 3.63) is 28.8 Å². The molecule has 0 atom stereocenters. The predicted molar refractivity (Wildman–Crippen MR) is 62.0 cm³/mol. The molecule has 1 aromatic carbocycles. The second-order valence-electron chi connectivity index (χ2n) is 3.69. The molecule has 0 spiro atoms. The summed E-state index contributed by atoms with van der Waals surface area (Å²) >= 11 is 0. The number of carbonyl (C=O) groups excluding carboxylic acids is 1. The van der Waals surface area contributed by atoms with E-state index in [1.807, 2.05) is 6.92 Å². The predicted octanol–water partition coefficient (Wildman–Crippen LogP) is 3.79. The number of hydrogen-bond acceptors (Lipinski definition) is 2. The molecule has 17 heavy (non-hydrogen) atoms. The van der Waals surface area contributed by atoms with E-state index in [2.05, 4.69) is 0 Å². The third-order valence-electron chi connectivity index (χ3n) is 2.53. The molecule has 1 aromatic rings. The largest absolute Gasteiger partial charge is 0.493 e. The van der Waals surface area contributed by atoms with Gasteiger partial charge in [-0.15, -0.1) is 0 Å². The van der Waals surface area contributed by atoms with E-state index in [1.165, 1.54) is 19.1 Å². The summed E-state index contributed by atoms with van der Waals surface area (Å²) in [5.41, 5.74) is 0.949. The summed E-state index contributed by atoms with van der Waals surface area (Å²) in [6.45, 7) is 5.27. The van der Waals surface area contributed by atoms with E-state index < -0.39 is 6.43 Å². The van der Waals surface area contributed by atoms with E-state index in [1.54, 1.807) is 6.92 Å². The summed E-state index contributed by atoms with van der Waals surface area (Å²) in [4.78, 5) is 11.4. The van der Waals surface area contributed by atoms with Crippen molar-refractivity contribution in [1.29, 1.82) is 0 Å². The summed E-state index contributed by atoms with van der Waals surface area (Å²) in [6, 6.07) is 2.79. The molecule has 0 radical (unpaired) electrons. The van der Waals surface area contributed by atoms with Gasteiger partial charge < -0.3 is 4.74 Å². The standard InChI is InChI=1S/C13H16F2O2/c1-4-9-6-11(13(14)15)12(17-5-2)7-10(9)8(3)16/h6-7,13H,4-5H2,1-3H3. The van der Waals surface area contributed by atoms with Crippen LogP contribution in [0.15, 0.2) is 12.1 Å². The second-order valence-corrected chi connectivity index (χ2v) is 3.69. The lowest BCUT2D eigenvalue weighted by atomic mass is 9.98. The van der Waals surface area contributed by atoms with Gasteiger partial charge in [-0.1, -0.05) is 6.92 Å². The van der Waals surface area contributed by atoms with Gasteiger partial charge in [0.15, 0.2) is 5.78 Å². The van der Waals surface area contributed by atoms with Crippen molar-refractivity contribution in [2.24, 2.45) is 0 Å². The smallest absolute Gasteiger partial charge is 0.267 e. The number of alkyl halides is 2.